The fourth-order valence-corrected chi connectivity index (χ4v) is 2.94. The highest BCUT2D eigenvalue weighted by Gasteiger charge is 2.18. The highest BCUT2D eigenvalue weighted by molar-refractivity contribution is 6.31. The zero-order valence-corrected chi connectivity index (χ0v) is 13.2. The summed E-state index contributed by atoms with van der Waals surface area (Å²) >= 11 is 6.41. The molecule has 0 radical (unpaired) electrons. The van der Waals surface area contributed by atoms with Crippen LogP contribution >= 0.6 is 11.6 Å². The minimum atomic E-state index is -0.248. The summed E-state index contributed by atoms with van der Waals surface area (Å²) in [7, 11) is 2.08. The van der Waals surface area contributed by atoms with E-state index in [9.17, 15) is 5.11 Å². The van der Waals surface area contributed by atoms with Gasteiger partial charge in [-0.2, -0.15) is 0 Å². The smallest absolute Gasteiger partial charge is 0.0524 e. The standard InChI is InChI=1S/C16H25ClN2O/c1-13(20)8-11-18(2)12-14-15(17)6-5-7-16(14)19-9-3-4-10-19/h5-7,13,20H,3-4,8-12H2,1-2H3. The Kier molecular flexibility index (Phi) is 5.70. The molecule has 0 aliphatic carbocycles. The van der Waals surface area contributed by atoms with Gasteiger partial charge in [-0.3, -0.25) is 0 Å². The molecule has 0 spiro atoms. The molecule has 2 rings (SSSR count). The van der Waals surface area contributed by atoms with Crippen LogP contribution in [0, 0.1) is 0 Å². The molecule has 4 heteroatoms. The van der Waals surface area contributed by atoms with E-state index in [-0.39, 0.29) is 6.10 Å². The van der Waals surface area contributed by atoms with Crippen LogP contribution in [0.2, 0.25) is 5.02 Å². The van der Waals surface area contributed by atoms with Crippen molar-refractivity contribution in [1.82, 2.24) is 4.90 Å². The Labute approximate surface area is 127 Å². The number of rotatable bonds is 6. The number of benzene rings is 1. The van der Waals surface area contributed by atoms with Crippen LogP contribution in [0.15, 0.2) is 18.2 Å². The zero-order valence-electron chi connectivity index (χ0n) is 12.5. The van der Waals surface area contributed by atoms with Crippen LogP contribution in [0.5, 0.6) is 0 Å². The summed E-state index contributed by atoms with van der Waals surface area (Å²) in [5, 5.41) is 10.2. The molecule has 1 unspecified atom stereocenters. The lowest BCUT2D eigenvalue weighted by Gasteiger charge is -2.25. The number of halogens is 1. The van der Waals surface area contributed by atoms with Gasteiger partial charge in [0.2, 0.25) is 0 Å². The van der Waals surface area contributed by atoms with Gasteiger partial charge in [0, 0.05) is 42.5 Å². The quantitative estimate of drug-likeness (QED) is 0.873. The first-order valence-corrected chi connectivity index (χ1v) is 7.84. The van der Waals surface area contributed by atoms with Gasteiger partial charge in [-0.05, 0) is 45.4 Å². The summed E-state index contributed by atoms with van der Waals surface area (Å²) in [6.07, 6.45) is 3.08. The third kappa shape index (κ3) is 4.11. The monoisotopic (exact) mass is 296 g/mol. The average Bonchev–Trinajstić information content (AvgIpc) is 2.92. The van der Waals surface area contributed by atoms with Crippen molar-refractivity contribution in [3.05, 3.63) is 28.8 Å². The van der Waals surface area contributed by atoms with Crippen LogP contribution < -0.4 is 4.90 Å². The minimum Gasteiger partial charge on any atom is -0.393 e. The predicted octanol–water partition coefficient (Wildman–Crippen LogP) is 3.14. The van der Waals surface area contributed by atoms with Crippen molar-refractivity contribution in [1.29, 1.82) is 0 Å². The Bertz CT molecular complexity index is 430. The highest BCUT2D eigenvalue weighted by Crippen LogP contribution is 2.30. The summed E-state index contributed by atoms with van der Waals surface area (Å²) in [6.45, 7) is 5.80. The van der Waals surface area contributed by atoms with E-state index in [1.54, 1.807) is 0 Å². The molecule has 1 fully saturated rings. The Balaban J connectivity index is 2.09. The molecular weight excluding hydrogens is 272 g/mol. The molecule has 1 aromatic rings. The highest BCUT2D eigenvalue weighted by atomic mass is 35.5. The van der Waals surface area contributed by atoms with Gasteiger partial charge in [-0.1, -0.05) is 17.7 Å². The second kappa shape index (κ2) is 7.30. The molecule has 1 atom stereocenters. The van der Waals surface area contributed by atoms with Gasteiger partial charge in [0.25, 0.3) is 0 Å². The van der Waals surface area contributed by atoms with E-state index >= 15 is 0 Å². The zero-order chi connectivity index (χ0) is 14.5. The van der Waals surface area contributed by atoms with Gasteiger partial charge in [0.05, 0.1) is 6.10 Å². The Morgan fingerprint density at radius 2 is 2.05 bits per heavy atom. The van der Waals surface area contributed by atoms with E-state index in [1.165, 1.54) is 24.1 Å². The third-order valence-electron chi connectivity index (χ3n) is 3.90. The van der Waals surface area contributed by atoms with Gasteiger partial charge in [0.15, 0.2) is 0 Å². The van der Waals surface area contributed by atoms with Crippen LogP contribution in [0.25, 0.3) is 0 Å². The number of anilines is 1. The van der Waals surface area contributed by atoms with Crippen LogP contribution in [-0.2, 0) is 6.54 Å². The van der Waals surface area contributed by atoms with Crippen molar-refractivity contribution >= 4 is 17.3 Å². The van der Waals surface area contributed by atoms with E-state index < -0.39 is 0 Å². The molecular formula is C16H25ClN2O. The van der Waals surface area contributed by atoms with Crippen LogP contribution in [0.1, 0.15) is 31.7 Å². The fourth-order valence-electron chi connectivity index (χ4n) is 2.71. The lowest BCUT2D eigenvalue weighted by Crippen LogP contribution is -2.25. The topological polar surface area (TPSA) is 26.7 Å². The molecule has 1 saturated heterocycles. The maximum absolute atomic E-state index is 9.39. The maximum Gasteiger partial charge on any atom is 0.0524 e. The minimum absolute atomic E-state index is 0.248. The van der Waals surface area contributed by atoms with Crippen molar-refractivity contribution in [2.24, 2.45) is 0 Å². The van der Waals surface area contributed by atoms with E-state index in [1.807, 2.05) is 19.1 Å². The number of aliphatic hydroxyl groups excluding tert-OH is 1. The van der Waals surface area contributed by atoms with Crippen molar-refractivity contribution < 1.29 is 5.11 Å². The number of hydrogen-bond acceptors (Lipinski definition) is 3. The lowest BCUT2D eigenvalue weighted by atomic mass is 10.1. The SMILES string of the molecule is CC(O)CCN(C)Cc1c(Cl)cccc1N1CCCC1. The van der Waals surface area contributed by atoms with Gasteiger partial charge in [-0.15, -0.1) is 0 Å². The third-order valence-corrected chi connectivity index (χ3v) is 4.25. The molecule has 1 N–H and O–H groups in total. The Hall–Kier alpha value is -0.770. The Morgan fingerprint density at radius 3 is 2.70 bits per heavy atom. The van der Waals surface area contributed by atoms with Gasteiger partial charge in [0.1, 0.15) is 0 Å². The molecule has 3 nitrogen and oxygen atoms in total. The molecule has 0 amide bonds. The van der Waals surface area contributed by atoms with Gasteiger partial charge in [-0.25, -0.2) is 0 Å². The number of nitrogens with zero attached hydrogens (tertiary/aromatic N) is 2. The largest absolute Gasteiger partial charge is 0.393 e. The molecule has 0 aromatic heterocycles. The Morgan fingerprint density at radius 1 is 1.35 bits per heavy atom. The fraction of sp³-hybridized carbons (Fsp3) is 0.625. The second-order valence-electron chi connectivity index (χ2n) is 5.81. The molecule has 0 saturated carbocycles. The molecule has 20 heavy (non-hydrogen) atoms. The summed E-state index contributed by atoms with van der Waals surface area (Å²) in [4.78, 5) is 4.66. The summed E-state index contributed by atoms with van der Waals surface area (Å²) < 4.78 is 0. The first-order valence-electron chi connectivity index (χ1n) is 7.47. The molecule has 1 aliphatic rings. The van der Waals surface area contributed by atoms with E-state index in [0.717, 1.165) is 37.6 Å². The molecule has 0 bridgehead atoms. The normalized spacial score (nSPS) is 16.9. The van der Waals surface area contributed by atoms with Crippen molar-refractivity contribution in [2.45, 2.75) is 38.8 Å². The van der Waals surface area contributed by atoms with Crippen LogP contribution in [0.3, 0.4) is 0 Å². The summed E-state index contributed by atoms with van der Waals surface area (Å²) in [5.74, 6) is 0. The van der Waals surface area contributed by atoms with Crippen molar-refractivity contribution in [3.63, 3.8) is 0 Å². The number of hydrogen-bond donors (Lipinski definition) is 1. The second-order valence-corrected chi connectivity index (χ2v) is 6.21. The lowest BCUT2D eigenvalue weighted by molar-refractivity contribution is 0.163. The maximum atomic E-state index is 9.39. The molecule has 1 heterocycles. The van der Waals surface area contributed by atoms with Crippen LogP contribution in [-0.4, -0.2) is 42.8 Å². The summed E-state index contributed by atoms with van der Waals surface area (Å²) in [5.41, 5.74) is 2.49. The average molecular weight is 297 g/mol. The molecule has 1 aliphatic heterocycles. The predicted molar refractivity (Wildman–Crippen MR) is 85.5 cm³/mol. The first kappa shape index (κ1) is 15.6. The van der Waals surface area contributed by atoms with Crippen molar-refractivity contribution in [3.8, 4) is 0 Å². The molecule has 112 valence electrons. The van der Waals surface area contributed by atoms with Gasteiger partial charge >= 0.3 is 0 Å². The van der Waals surface area contributed by atoms with Gasteiger partial charge < -0.3 is 14.9 Å². The summed E-state index contributed by atoms with van der Waals surface area (Å²) in [6, 6.07) is 6.18. The molecule has 1 aromatic carbocycles. The van der Waals surface area contributed by atoms with Crippen molar-refractivity contribution in [2.75, 3.05) is 31.6 Å². The first-order chi connectivity index (χ1) is 9.58. The van der Waals surface area contributed by atoms with E-state index in [0.29, 0.717) is 0 Å². The van der Waals surface area contributed by atoms with Crippen LogP contribution in [0.4, 0.5) is 5.69 Å². The number of aliphatic hydroxyl groups is 1. The van der Waals surface area contributed by atoms with E-state index in [2.05, 4.69) is 22.9 Å². The van der Waals surface area contributed by atoms with E-state index in [4.69, 9.17) is 11.6 Å².